The summed E-state index contributed by atoms with van der Waals surface area (Å²) in [5.74, 6) is -0.554. The van der Waals surface area contributed by atoms with E-state index in [1.165, 1.54) is 4.57 Å². The van der Waals surface area contributed by atoms with Crippen molar-refractivity contribution in [2.45, 2.75) is 38.6 Å². The third-order valence-electron chi connectivity index (χ3n) is 5.30. The number of rotatable bonds is 6. The molecule has 2 aromatic heterocycles. The van der Waals surface area contributed by atoms with Gasteiger partial charge in [-0.2, -0.15) is 0 Å². The summed E-state index contributed by atoms with van der Waals surface area (Å²) in [6, 6.07) is 5.53. The maximum absolute atomic E-state index is 13.2. The van der Waals surface area contributed by atoms with Crippen LogP contribution in [0, 0.1) is 6.92 Å². The number of nitrogens with zero attached hydrogens (tertiary/aromatic N) is 3. The Balaban J connectivity index is 1.66. The number of anilines is 1. The molecule has 0 aliphatic carbocycles. The third-order valence-corrected chi connectivity index (χ3v) is 5.30. The molecule has 1 atom stereocenters. The number of nitrogens with two attached hydrogens (primary N) is 1. The number of carbonyl (C=O) groups excluding carboxylic acids is 3. The minimum atomic E-state index is -0.822. The maximum atomic E-state index is 13.2. The number of fused-ring (bicyclic) bond motifs is 1. The van der Waals surface area contributed by atoms with Crippen molar-refractivity contribution in [3.05, 3.63) is 51.9 Å². The smallest absolute Gasteiger partial charge is 0.277 e. The molecule has 0 spiro atoms. The predicted molar refractivity (Wildman–Crippen MR) is 114 cm³/mol. The molecule has 0 bridgehead atoms. The third kappa shape index (κ3) is 4.02. The van der Waals surface area contributed by atoms with Gasteiger partial charge in [-0.15, -0.1) is 0 Å². The van der Waals surface area contributed by atoms with Crippen molar-refractivity contribution in [1.29, 1.82) is 0 Å². The number of para-hydroxylation sites is 1. The Bertz CT molecular complexity index is 1280. The summed E-state index contributed by atoms with van der Waals surface area (Å²) in [6.07, 6.45) is 1.64. The van der Waals surface area contributed by atoms with Crippen LogP contribution in [0.15, 0.2) is 33.6 Å². The van der Waals surface area contributed by atoms with Crippen molar-refractivity contribution < 1.29 is 18.9 Å². The van der Waals surface area contributed by atoms with Gasteiger partial charge < -0.3 is 15.6 Å². The summed E-state index contributed by atoms with van der Waals surface area (Å²) in [5.41, 5.74) is 5.77. The second-order valence-electron chi connectivity index (χ2n) is 7.53. The summed E-state index contributed by atoms with van der Waals surface area (Å²) in [5, 5.41) is 9.00. The van der Waals surface area contributed by atoms with Gasteiger partial charge in [0.15, 0.2) is 5.69 Å². The molecule has 0 saturated carbocycles. The number of benzene rings is 1. The highest BCUT2D eigenvalue weighted by molar-refractivity contribution is 6.07. The first-order valence-electron chi connectivity index (χ1n) is 10.2. The van der Waals surface area contributed by atoms with E-state index in [2.05, 4.69) is 20.8 Å². The fourth-order valence-electron chi connectivity index (χ4n) is 3.73. The number of hydrogen-bond acceptors (Lipinski definition) is 8. The van der Waals surface area contributed by atoms with E-state index in [9.17, 15) is 19.2 Å². The van der Waals surface area contributed by atoms with Crippen LogP contribution in [0.3, 0.4) is 0 Å². The Morgan fingerprint density at radius 1 is 1.34 bits per heavy atom. The highest BCUT2D eigenvalue weighted by atomic mass is 16.5. The van der Waals surface area contributed by atoms with E-state index in [0.717, 1.165) is 0 Å². The van der Waals surface area contributed by atoms with Gasteiger partial charge in [0.2, 0.25) is 11.8 Å². The molecule has 0 radical (unpaired) electrons. The van der Waals surface area contributed by atoms with Gasteiger partial charge in [0.05, 0.1) is 11.1 Å². The molecule has 1 aromatic carbocycles. The first kappa shape index (κ1) is 21.4. The molecule has 1 fully saturated rings. The van der Waals surface area contributed by atoms with Crippen LogP contribution in [0.4, 0.5) is 5.69 Å². The number of hydrogen-bond donors (Lipinski definition) is 3. The SMILES string of the molecule is Cc1nc2c(NC(=O)c3cc(CCCN)on3)cccc2c(=O)n1C1CCC(=O)NC1=O. The lowest BCUT2D eigenvalue weighted by atomic mass is 10.1. The number of nitrogens with one attached hydrogen (secondary N) is 2. The van der Waals surface area contributed by atoms with Gasteiger partial charge in [-0.1, -0.05) is 11.2 Å². The lowest BCUT2D eigenvalue weighted by Crippen LogP contribution is -2.45. The molecule has 11 heteroatoms. The van der Waals surface area contributed by atoms with Crippen LogP contribution in [0.1, 0.15) is 47.4 Å². The first-order chi connectivity index (χ1) is 15.4. The van der Waals surface area contributed by atoms with Crippen molar-refractivity contribution in [3.8, 4) is 0 Å². The zero-order valence-electron chi connectivity index (χ0n) is 17.4. The van der Waals surface area contributed by atoms with Gasteiger partial charge in [-0.25, -0.2) is 4.98 Å². The average Bonchev–Trinajstić information content (AvgIpc) is 3.23. The molecule has 1 aliphatic heterocycles. The van der Waals surface area contributed by atoms with Crippen molar-refractivity contribution in [1.82, 2.24) is 20.0 Å². The Labute approximate surface area is 182 Å². The number of carbonyl (C=O) groups is 3. The molecule has 1 saturated heterocycles. The van der Waals surface area contributed by atoms with Crippen LogP contribution in [0.25, 0.3) is 10.9 Å². The summed E-state index contributed by atoms with van der Waals surface area (Å²) < 4.78 is 6.44. The number of imide groups is 1. The van der Waals surface area contributed by atoms with Gasteiger partial charge in [0.1, 0.15) is 23.1 Å². The standard InChI is InChI=1S/C21H22N6O5/c1-11-23-18-13(21(31)27(11)16-7-8-17(28)25-20(16)30)5-2-6-14(18)24-19(29)15-10-12(32-26-15)4-3-9-22/h2,5-6,10,16H,3-4,7-9,22H2,1H3,(H,24,29)(H,25,28,30). The predicted octanol–water partition coefficient (Wildman–Crippen LogP) is 0.814. The Morgan fingerprint density at radius 2 is 2.16 bits per heavy atom. The number of aryl methyl sites for hydroxylation is 2. The molecular weight excluding hydrogens is 416 g/mol. The molecule has 3 amide bonds. The minimum absolute atomic E-state index is 0.0997. The Kier molecular flexibility index (Phi) is 5.82. The van der Waals surface area contributed by atoms with Crippen LogP contribution in [0.5, 0.6) is 0 Å². The molecule has 3 aromatic rings. The molecule has 32 heavy (non-hydrogen) atoms. The lowest BCUT2D eigenvalue weighted by Gasteiger charge is -2.24. The monoisotopic (exact) mass is 438 g/mol. The number of piperidine rings is 1. The second-order valence-corrected chi connectivity index (χ2v) is 7.53. The van der Waals surface area contributed by atoms with E-state index < -0.39 is 23.4 Å². The molecule has 4 rings (SSSR count). The average molecular weight is 438 g/mol. The van der Waals surface area contributed by atoms with E-state index in [-0.39, 0.29) is 29.8 Å². The first-order valence-corrected chi connectivity index (χ1v) is 10.2. The van der Waals surface area contributed by atoms with Gasteiger partial charge >= 0.3 is 0 Å². The zero-order chi connectivity index (χ0) is 22.8. The Morgan fingerprint density at radius 3 is 2.91 bits per heavy atom. The summed E-state index contributed by atoms with van der Waals surface area (Å²) in [4.78, 5) is 54.1. The molecule has 1 aliphatic rings. The van der Waals surface area contributed by atoms with E-state index in [1.807, 2.05) is 0 Å². The molecule has 3 heterocycles. The molecule has 11 nitrogen and oxygen atoms in total. The highest BCUT2D eigenvalue weighted by Gasteiger charge is 2.30. The summed E-state index contributed by atoms with van der Waals surface area (Å²) >= 11 is 0. The molecule has 4 N–H and O–H groups in total. The van der Waals surface area contributed by atoms with Crippen LogP contribution >= 0.6 is 0 Å². The van der Waals surface area contributed by atoms with Crippen LogP contribution in [-0.2, 0) is 16.0 Å². The van der Waals surface area contributed by atoms with Crippen molar-refractivity contribution in [2.24, 2.45) is 5.73 Å². The van der Waals surface area contributed by atoms with Crippen molar-refractivity contribution >= 4 is 34.3 Å². The van der Waals surface area contributed by atoms with E-state index in [0.29, 0.717) is 42.2 Å². The summed E-state index contributed by atoms with van der Waals surface area (Å²) in [7, 11) is 0. The van der Waals surface area contributed by atoms with Gasteiger partial charge in [-0.05, 0) is 38.4 Å². The maximum Gasteiger partial charge on any atom is 0.277 e. The highest BCUT2D eigenvalue weighted by Crippen LogP contribution is 2.24. The van der Waals surface area contributed by atoms with Crippen LogP contribution < -0.4 is 21.9 Å². The molecule has 1 unspecified atom stereocenters. The fraction of sp³-hybridized carbons (Fsp3) is 0.333. The van der Waals surface area contributed by atoms with Crippen molar-refractivity contribution in [3.63, 3.8) is 0 Å². The molecule has 166 valence electrons. The van der Waals surface area contributed by atoms with Crippen LogP contribution in [0.2, 0.25) is 0 Å². The van der Waals surface area contributed by atoms with Crippen LogP contribution in [-0.4, -0.2) is 39.0 Å². The zero-order valence-corrected chi connectivity index (χ0v) is 17.4. The van der Waals surface area contributed by atoms with E-state index in [1.54, 1.807) is 31.2 Å². The lowest BCUT2D eigenvalue weighted by molar-refractivity contribution is -0.135. The summed E-state index contributed by atoms with van der Waals surface area (Å²) in [6.45, 7) is 2.10. The quantitative estimate of drug-likeness (QED) is 0.476. The minimum Gasteiger partial charge on any atom is -0.361 e. The number of amides is 3. The van der Waals surface area contributed by atoms with Gasteiger partial charge in [0, 0.05) is 18.9 Å². The van der Waals surface area contributed by atoms with Gasteiger partial charge in [-0.3, -0.25) is 29.1 Å². The van der Waals surface area contributed by atoms with Gasteiger partial charge in [0.25, 0.3) is 11.5 Å². The van der Waals surface area contributed by atoms with E-state index >= 15 is 0 Å². The molecular formula is C21H22N6O5. The Hall–Kier alpha value is -3.86. The largest absolute Gasteiger partial charge is 0.361 e. The topological polar surface area (TPSA) is 162 Å². The number of aromatic nitrogens is 3. The fourth-order valence-corrected chi connectivity index (χ4v) is 3.73. The van der Waals surface area contributed by atoms with E-state index in [4.69, 9.17) is 10.3 Å². The van der Waals surface area contributed by atoms with Crippen molar-refractivity contribution in [2.75, 3.05) is 11.9 Å². The normalized spacial score (nSPS) is 16.2. The second kappa shape index (κ2) is 8.71.